The predicted molar refractivity (Wildman–Crippen MR) is 128 cm³/mol. The Morgan fingerprint density at radius 3 is 2.53 bits per heavy atom. The van der Waals surface area contributed by atoms with Crippen LogP contribution in [-0.2, 0) is 18.8 Å². The Balaban J connectivity index is 1.54. The van der Waals surface area contributed by atoms with Gasteiger partial charge in [0.05, 0.1) is 17.3 Å². The Bertz CT molecular complexity index is 1510. The third-order valence-corrected chi connectivity index (χ3v) is 6.54. The van der Waals surface area contributed by atoms with Gasteiger partial charge in [0.25, 0.3) is 5.56 Å². The largest absolute Gasteiger partial charge is 0.350 e. The van der Waals surface area contributed by atoms with Crippen molar-refractivity contribution in [2.75, 3.05) is 0 Å². The molecule has 3 heterocycles. The molecule has 5 rings (SSSR count). The number of imidazole rings is 1. The van der Waals surface area contributed by atoms with Crippen LogP contribution < -0.4 is 11.2 Å². The Labute approximate surface area is 188 Å². The van der Waals surface area contributed by atoms with Crippen molar-refractivity contribution in [2.24, 2.45) is 0 Å². The van der Waals surface area contributed by atoms with Gasteiger partial charge in [-0.05, 0) is 31.5 Å². The smallest absolute Gasteiger partial charge is 0.330 e. The lowest BCUT2D eigenvalue weighted by atomic mass is 10.1. The molecular weight excluding hydrogens is 422 g/mol. The molecule has 0 saturated heterocycles. The maximum atomic E-state index is 12.7. The molecule has 32 heavy (non-hydrogen) atoms. The maximum absolute atomic E-state index is 12.7. The summed E-state index contributed by atoms with van der Waals surface area (Å²) in [6.07, 6.45) is 0. The second-order valence-corrected chi connectivity index (χ2v) is 8.80. The minimum Gasteiger partial charge on any atom is -0.350 e. The van der Waals surface area contributed by atoms with Crippen molar-refractivity contribution in [2.45, 2.75) is 37.7 Å². The summed E-state index contributed by atoms with van der Waals surface area (Å²) in [6.45, 7) is 4.94. The van der Waals surface area contributed by atoms with Crippen molar-refractivity contribution in [3.63, 3.8) is 0 Å². The summed E-state index contributed by atoms with van der Waals surface area (Å²) in [5.74, 6) is 1.34. The van der Waals surface area contributed by atoms with E-state index in [0.29, 0.717) is 30.0 Å². The van der Waals surface area contributed by atoms with Crippen LogP contribution in [0.5, 0.6) is 0 Å². The van der Waals surface area contributed by atoms with Crippen molar-refractivity contribution < 1.29 is 0 Å². The van der Waals surface area contributed by atoms with Crippen LogP contribution >= 0.6 is 11.8 Å². The molecule has 0 radical (unpaired) electrons. The van der Waals surface area contributed by atoms with E-state index in [-0.39, 0.29) is 0 Å². The first-order chi connectivity index (χ1) is 15.5. The van der Waals surface area contributed by atoms with Gasteiger partial charge in [-0.1, -0.05) is 48.0 Å². The van der Waals surface area contributed by atoms with E-state index in [1.165, 1.54) is 0 Å². The SMILES string of the molecule is CCn1c(CSc2cc3ccccc3[nH]2)nc2c1c(=O)[nH]c(=O)n2Cc1ccc(C)cc1. The van der Waals surface area contributed by atoms with Crippen LogP contribution in [0.2, 0.25) is 0 Å². The molecule has 162 valence electrons. The molecule has 3 aromatic heterocycles. The van der Waals surface area contributed by atoms with Crippen LogP contribution in [0.3, 0.4) is 0 Å². The molecule has 0 bridgehead atoms. The summed E-state index contributed by atoms with van der Waals surface area (Å²) in [5.41, 5.74) is 3.23. The highest BCUT2D eigenvalue weighted by atomic mass is 32.2. The number of para-hydroxylation sites is 1. The molecule has 0 aliphatic rings. The van der Waals surface area contributed by atoms with E-state index in [0.717, 1.165) is 32.9 Å². The van der Waals surface area contributed by atoms with Crippen LogP contribution in [-0.4, -0.2) is 24.1 Å². The molecule has 0 unspecified atom stereocenters. The minimum absolute atomic E-state index is 0.349. The molecular formula is C24H23N5O2S. The summed E-state index contributed by atoms with van der Waals surface area (Å²) in [6, 6.07) is 18.2. The number of rotatable bonds is 6. The highest BCUT2D eigenvalue weighted by Gasteiger charge is 2.18. The van der Waals surface area contributed by atoms with Crippen LogP contribution in [0.1, 0.15) is 23.9 Å². The fourth-order valence-corrected chi connectivity index (χ4v) is 4.86. The summed E-state index contributed by atoms with van der Waals surface area (Å²) < 4.78 is 3.44. The zero-order valence-corrected chi connectivity index (χ0v) is 18.7. The van der Waals surface area contributed by atoms with E-state index < -0.39 is 11.2 Å². The van der Waals surface area contributed by atoms with Gasteiger partial charge in [-0.2, -0.15) is 0 Å². The summed E-state index contributed by atoms with van der Waals surface area (Å²) in [5, 5.41) is 2.19. The number of thioether (sulfide) groups is 1. The molecule has 0 saturated carbocycles. The van der Waals surface area contributed by atoms with Crippen molar-refractivity contribution in [3.8, 4) is 0 Å². The van der Waals surface area contributed by atoms with Crippen molar-refractivity contribution in [1.82, 2.24) is 24.1 Å². The summed E-state index contributed by atoms with van der Waals surface area (Å²) in [7, 11) is 0. The van der Waals surface area contributed by atoms with Gasteiger partial charge >= 0.3 is 5.69 Å². The standard InChI is InChI=1S/C24H23N5O2S/c1-3-28-19(14-32-20-12-17-6-4-5-7-18(17)25-20)26-22-21(28)23(30)27-24(31)29(22)13-16-10-8-15(2)9-11-16/h4-12,25H,3,13-14H2,1-2H3,(H,27,30,31). The van der Waals surface area contributed by atoms with E-state index in [9.17, 15) is 9.59 Å². The highest BCUT2D eigenvalue weighted by Crippen LogP contribution is 2.27. The van der Waals surface area contributed by atoms with Gasteiger partial charge in [0, 0.05) is 17.4 Å². The molecule has 0 fully saturated rings. The van der Waals surface area contributed by atoms with Crippen LogP contribution in [0.15, 0.2) is 69.2 Å². The average Bonchev–Trinajstić information content (AvgIpc) is 3.37. The maximum Gasteiger partial charge on any atom is 0.330 e. The van der Waals surface area contributed by atoms with Crippen molar-refractivity contribution >= 4 is 33.8 Å². The van der Waals surface area contributed by atoms with Crippen LogP contribution in [0.4, 0.5) is 0 Å². The van der Waals surface area contributed by atoms with Crippen molar-refractivity contribution in [1.29, 1.82) is 0 Å². The molecule has 2 aromatic carbocycles. The zero-order valence-electron chi connectivity index (χ0n) is 17.9. The van der Waals surface area contributed by atoms with Crippen molar-refractivity contribution in [3.05, 3.63) is 92.4 Å². The molecule has 0 spiro atoms. The third-order valence-electron chi connectivity index (χ3n) is 5.60. The predicted octanol–water partition coefficient (Wildman–Crippen LogP) is 4.04. The molecule has 2 N–H and O–H groups in total. The number of nitrogens with one attached hydrogen (secondary N) is 2. The van der Waals surface area contributed by atoms with E-state index >= 15 is 0 Å². The zero-order chi connectivity index (χ0) is 22.2. The van der Waals surface area contributed by atoms with Gasteiger partial charge < -0.3 is 9.55 Å². The first kappa shape index (κ1) is 20.4. The topological polar surface area (TPSA) is 88.5 Å². The first-order valence-electron chi connectivity index (χ1n) is 10.5. The highest BCUT2D eigenvalue weighted by molar-refractivity contribution is 7.98. The lowest BCUT2D eigenvalue weighted by Crippen LogP contribution is -2.31. The van der Waals surface area contributed by atoms with E-state index in [1.807, 2.05) is 60.9 Å². The molecule has 0 atom stereocenters. The van der Waals surface area contributed by atoms with Gasteiger partial charge in [0.2, 0.25) is 0 Å². The van der Waals surface area contributed by atoms with E-state index in [2.05, 4.69) is 22.1 Å². The number of aryl methyl sites for hydroxylation is 2. The molecule has 0 aliphatic heterocycles. The molecule has 7 nitrogen and oxygen atoms in total. The average molecular weight is 446 g/mol. The van der Waals surface area contributed by atoms with Gasteiger partial charge in [0.1, 0.15) is 5.82 Å². The van der Waals surface area contributed by atoms with E-state index in [1.54, 1.807) is 16.3 Å². The number of fused-ring (bicyclic) bond motifs is 2. The number of hydrogen-bond donors (Lipinski definition) is 2. The monoisotopic (exact) mass is 445 g/mol. The number of aromatic amines is 2. The van der Waals surface area contributed by atoms with Gasteiger partial charge in [-0.25, -0.2) is 9.78 Å². The number of aromatic nitrogens is 5. The van der Waals surface area contributed by atoms with Gasteiger partial charge in [0.15, 0.2) is 11.2 Å². The molecule has 8 heteroatoms. The normalized spacial score (nSPS) is 11.6. The number of nitrogens with zero attached hydrogens (tertiary/aromatic N) is 3. The Morgan fingerprint density at radius 2 is 1.78 bits per heavy atom. The summed E-state index contributed by atoms with van der Waals surface area (Å²) >= 11 is 1.63. The quantitative estimate of drug-likeness (QED) is 0.386. The number of hydrogen-bond acceptors (Lipinski definition) is 4. The Morgan fingerprint density at radius 1 is 1.00 bits per heavy atom. The Kier molecular flexibility index (Phi) is 5.22. The van der Waals surface area contributed by atoms with E-state index in [4.69, 9.17) is 4.98 Å². The fourth-order valence-electron chi connectivity index (χ4n) is 3.96. The van der Waals surface area contributed by atoms with Gasteiger partial charge in [-0.15, -0.1) is 11.8 Å². The number of H-pyrrole nitrogens is 2. The first-order valence-corrected chi connectivity index (χ1v) is 11.5. The van der Waals surface area contributed by atoms with Gasteiger partial charge in [-0.3, -0.25) is 14.3 Å². The second kappa shape index (κ2) is 8.20. The lowest BCUT2D eigenvalue weighted by Gasteiger charge is -2.07. The molecule has 5 aromatic rings. The lowest BCUT2D eigenvalue weighted by molar-refractivity contribution is 0.736. The fraction of sp³-hybridized carbons (Fsp3) is 0.208. The minimum atomic E-state index is -0.446. The molecule has 0 amide bonds. The van der Waals surface area contributed by atoms with Crippen LogP contribution in [0.25, 0.3) is 22.1 Å². The summed E-state index contributed by atoms with van der Waals surface area (Å²) in [4.78, 5) is 36.0. The third kappa shape index (κ3) is 3.67. The van der Waals surface area contributed by atoms with Crippen LogP contribution in [0, 0.1) is 6.92 Å². The second-order valence-electron chi connectivity index (χ2n) is 7.79. The number of benzene rings is 2. The Hall–Kier alpha value is -3.52. The molecule has 0 aliphatic carbocycles.